The maximum absolute atomic E-state index is 13.2. The number of hydrogen-bond acceptors (Lipinski definition) is 5. The standard InChI is InChI=1S/C26H25N3O3/c1-17-21(14-25(32-17)18-8-3-2-4-9-18)26(31)29-23(20-11-5-6-12-24(20)30)15-22(27)19-10-7-13-28-16-19/h2-14,16,22-23,30H,15,27H2,1H3,(H,29,31). The molecule has 2 unspecified atom stereocenters. The van der Waals surface area contributed by atoms with Crippen molar-refractivity contribution in [2.45, 2.75) is 25.4 Å². The van der Waals surface area contributed by atoms with E-state index in [1.807, 2.05) is 48.5 Å². The monoisotopic (exact) mass is 427 g/mol. The molecule has 0 spiro atoms. The Morgan fingerprint density at radius 3 is 2.56 bits per heavy atom. The van der Waals surface area contributed by atoms with E-state index in [4.69, 9.17) is 10.2 Å². The van der Waals surface area contributed by atoms with Gasteiger partial charge in [0.25, 0.3) is 5.91 Å². The molecular weight excluding hydrogens is 402 g/mol. The summed E-state index contributed by atoms with van der Waals surface area (Å²) in [6.45, 7) is 1.76. The summed E-state index contributed by atoms with van der Waals surface area (Å²) in [5.74, 6) is 0.957. The topological polar surface area (TPSA) is 101 Å². The van der Waals surface area contributed by atoms with Crippen LogP contribution in [0.4, 0.5) is 0 Å². The van der Waals surface area contributed by atoms with Gasteiger partial charge in [-0.3, -0.25) is 9.78 Å². The third-order valence-electron chi connectivity index (χ3n) is 5.44. The number of rotatable bonds is 7. The first-order chi connectivity index (χ1) is 15.5. The molecule has 2 heterocycles. The second-order valence-electron chi connectivity index (χ2n) is 7.66. The van der Waals surface area contributed by atoms with Crippen molar-refractivity contribution < 1.29 is 14.3 Å². The number of phenolic OH excluding ortho intramolecular Hbond substituents is 1. The van der Waals surface area contributed by atoms with Crippen LogP contribution in [-0.4, -0.2) is 16.0 Å². The average Bonchev–Trinajstić information content (AvgIpc) is 3.22. The SMILES string of the molecule is Cc1oc(-c2ccccc2)cc1C(=O)NC(CC(N)c1cccnc1)c1ccccc1O. The summed E-state index contributed by atoms with van der Waals surface area (Å²) in [5.41, 5.74) is 9.21. The van der Waals surface area contributed by atoms with Gasteiger partial charge in [-0.1, -0.05) is 54.6 Å². The Bertz CT molecular complexity index is 1190. The molecule has 162 valence electrons. The molecule has 6 nitrogen and oxygen atoms in total. The molecule has 0 radical (unpaired) electrons. The van der Waals surface area contributed by atoms with Crippen LogP contribution in [0, 0.1) is 6.92 Å². The highest BCUT2D eigenvalue weighted by molar-refractivity contribution is 5.96. The van der Waals surface area contributed by atoms with Gasteiger partial charge in [-0.25, -0.2) is 0 Å². The van der Waals surface area contributed by atoms with E-state index in [9.17, 15) is 9.90 Å². The van der Waals surface area contributed by atoms with Crippen LogP contribution in [0.15, 0.2) is 89.6 Å². The minimum absolute atomic E-state index is 0.102. The molecule has 2 aromatic carbocycles. The molecule has 0 aliphatic rings. The second kappa shape index (κ2) is 9.49. The molecule has 4 rings (SSSR count). The zero-order chi connectivity index (χ0) is 22.5. The molecule has 2 aromatic heterocycles. The van der Waals surface area contributed by atoms with Crippen LogP contribution >= 0.6 is 0 Å². The Morgan fingerprint density at radius 1 is 1.09 bits per heavy atom. The lowest BCUT2D eigenvalue weighted by atomic mass is 9.95. The third-order valence-corrected chi connectivity index (χ3v) is 5.44. The summed E-state index contributed by atoms with van der Waals surface area (Å²) in [6, 6.07) is 21.1. The Labute approximate surface area is 186 Å². The highest BCUT2D eigenvalue weighted by Crippen LogP contribution is 2.31. The third kappa shape index (κ3) is 4.71. The second-order valence-corrected chi connectivity index (χ2v) is 7.66. The molecule has 6 heteroatoms. The van der Waals surface area contributed by atoms with Gasteiger partial charge in [0.05, 0.1) is 11.6 Å². The molecule has 4 N–H and O–H groups in total. The lowest BCUT2D eigenvalue weighted by Gasteiger charge is -2.23. The minimum atomic E-state index is -0.506. The van der Waals surface area contributed by atoms with Crippen LogP contribution in [0.25, 0.3) is 11.3 Å². The lowest BCUT2D eigenvalue weighted by Crippen LogP contribution is -2.31. The first kappa shape index (κ1) is 21.3. The van der Waals surface area contributed by atoms with Gasteiger partial charge >= 0.3 is 0 Å². The van der Waals surface area contributed by atoms with Gasteiger partial charge in [0.1, 0.15) is 17.3 Å². The minimum Gasteiger partial charge on any atom is -0.508 e. The van der Waals surface area contributed by atoms with E-state index in [1.165, 1.54) is 0 Å². The number of aromatic nitrogens is 1. The molecule has 0 saturated carbocycles. The lowest BCUT2D eigenvalue weighted by molar-refractivity contribution is 0.0931. The number of aromatic hydroxyl groups is 1. The van der Waals surface area contributed by atoms with Crippen LogP contribution in [0.5, 0.6) is 5.75 Å². The van der Waals surface area contributed by atoms with Crippen molar-refractivity contribution in [3.63, 3.8) is 0 Å². The number of pyridine rings is 1. The number of aryl methyl sites for hydroxylation is 1. The van der Waals surface area contributed by atoms with Gasteiger partial charge in [0.15, 0.2) is 0 Å². The molecule has 0 aliphatic carbocycles. The van der Waals surface area contributed by atoms with E-state index in [0.29, 0.717) is 29.1 Å². The number of carbonyl (C=O) groups is 1. The molecule has 0 bridgehead atoms. The van der Waals surface area contributed by atoms with Crippen molar-refractivity contribution in [2.75, 3.05) is 0 Å². The molecule has 2 atom stereocenters. The fourth-order valence-corrected chi connectivity index (χ4v) is 3.72. The van der Waals surface area contributed by atoms with Gasteiger partial charge in [0.2, 0.25) is 0 Å². The van der Waals surface area contributed by atoms with Crippen molar-refractivity contribution in [3.05, 3.63) is 108 Å². The number of benzene rings is 2. The zero-order valence-corrected chi connectivity index (χ0v) is 17.7. The van der Waals surface area contributed by atoms with Crippen molar-refractivity contribution in [1.82, 2.24) is 10.3 Å². The highest BCUT2D eigenvalue weighted by Gasteiger charge is 2.24. The highest BCUT2D eigenvalue weighted by atomic mass is 16.3. The smallest absolute Gasteiger partial charge is 0.255 e. The van der Waals surface area contributed by atoms with E-state index in [-0.39, 0.29) is 17.7 Å². The fraction of sp³-hybridized carbons (Fsp3) is 0.154. The molecule has 0 aliphatic heterocycles. The van der Waals surface area contributed by atoms with Gasteiger partial charge in [-0.2, -0.15) is 0 Å². The molecular formula is C26H25N3O3. The van der Waals surface area contributed by atoms with Gasteiger partial charge < -0.3 is 20.6 Å². The molecule has 32 heavy (non-hydrogen) atoms. The number of phenols is 1. The Morgan fingerprint density at radius 2 is 1.84 bits per heavy atom. The fourth-order valence-electron chi connectivity index (χ4n) is 3.72. The number of hydrogen-bond donors (Lipinski definition) is 3. The maximum atomic E-state index is 13.2. The summed E-state index contributed by atoms with van der Waals surface area (Å²) < 4.78 is 5.84. The van der Waals surface area contributed by atoms with E-state index in [1.54, 1.807) is 43.6 Å². The maximum Gasteiger partial charge on any atom is 0.255 e. The van der Waals surface area contributed by atoms with E-state index in [2.05, 4.69) is 10.3 Å². The molecule has 1 amide bonds. The largest absolute Gasteiger partial charge is 0.508 e. The molecule has 0 saturated heterocycles. The van der Waals surface area contributed by atoms with Crippen molar-refractivity contribution in [1.29, 1.82) is 0 Å². The van der Waals surface area contributed by atoms with Gasteiger partial charge in [0, 0.05) is 29.6 Å². The molecule has 4 aromatic rings. The number of furan rings is 1. The van der Waals surface area contributed by atoms with Crippen LogP contribution in [0.3, 0.4) is 0 Å². The number of nitrogens with zero attached hydrogens (tertiary/aromatic N) is 1. The Balaban J connectivity index is 1.60. The molecule has 0 fully saturated rings. The predicted molar refractivity (Wildman–Crippen MR) is 123 cm³/mol. The summed E-state index contributed by atoms with van der Waals surface area (Å²) in [4.78, 5) is 17.3. The quantitative estimate of drug-likeness (QED) is 0.389. The summed E-state index contributed by atoms with van der Waals surface area (Å²) in [6.07, 6.45) is 3.78. The van der Waals surface area contributed by atoms with E-state index < -0.39 is 6.04 Å². The summed E-state index contributed by atoms with van der Waals surface area (Å²) in [5, 5.41) is 13.5. The van der Waals surface area contributed by atoms with Crippen molar-refractivity contribution >= 4 is 5.91 Å². The first-order valence-electron chi connectivity index (χ1n) is 10.4. The van der Waals surface area contributed by atoms with Crippen molar-refractivity contribution in [3.8, 4) is 17.1 Å². The van der Waals surface area contributed by atoms with Crippen LogP contribution in [-0.2, 0) is 0 Å². The van der Waals surface area contributed by atoms with Crippen LogP contribution < -0.4 is 11.1 Å². The van der Waals surface area contributed by atoms with Crippen molar-refractivity contribution in [2.24, 2.45) is 5.73 Å². The van der Waals surface area contributed by atoms with Gasteiger partial charge in [-0.15, -0.1) is 0 Å². The predicted octanol–water partition coefficient (Wildman–Crippen LogP) is 4.92. The van der Waals surface area contributed by atoms with E-state index in [0.717, 1.165) is 11.1 Å². The number of carbonyl (C=O) groups excluding carboxylic acids is 1. The van der Waals surface area contributed by atoms with Crippen LogP contribution in [0.1, 0.15) is 45.7 Å². The Hall–Kier alpha value is -3.90. The average molecular weight is 428 g/mol. The first-order valence-corrected chi connectivity index (χ1v) is 10.4. The van der Waals surface area contributed by atoms with Crippen LogP contribution in [0.2, 0.25) is 0 Å². The number of nitrogens with two attached hydrogens (primary N) is 1. The van der Waals surface area contributed by atoms with E-state index >= 15 is 0 Å². The van der Waals surface area contributed by atoms with Gasteiger partial charge in [-0.05, 0) is 37.1 Å². The normalized spacial score (nSPS) is 12.8. The zero-order valence-electron chi connectivity index (χ0n) is 17.7. The number of amides is 1. The number of nitrogens with one attached hydrogen (secondary N) is 1. The Kier molecular flexibility index (Phi) is 6.33. The summed E-state index contributed by atoms with van der Waals surface area (Å²) >= 11 is 0. The number of para-hydroxylation sites is 1. The summed E-state index contributed by atoms with van der Waals surface area (Å²) in [7, 11) is 0.